The van der Waals surface area contributed by atoms with Gasteiger partial charge in [0.25, 0.3) is 0 Å². The Balaban J connectivity index is 2.56. The highest BCUT2D eigenvalue weighted by atomic mass is 32.1. The van der Waals surface area contributed by atoms with Gasteiger partial charge in [0.2, 0.25) is 0 Å². The monoisotopic (exact) mass is 351 g/mol. The highest BCUT2D eigenvalue weighted by Gasteiger charge is 2.33. The Labute approximate surface area is 139 Å². The number of halogens is 3. The smallest absolute Gasteiger partial charge is 0.357 e. The van der Waals surface area contributed by atoms with Crippen LogP contribution in [-0.2, 0) is 12.7 Å². The van der Waals surface area contributed by atoms with Crippen molar-refractivity contribution in [3.8, 4) is 0 Å². The summed E-state index contributed by atoms with van der Waals surface area (Å²) in [5, 5.41) is 7.62. The standard InChI is InChI=1S/C14H24F3N5S/c1-4-18-13(19-7-8-22(5-2)6-3)20-9-12-21-11(10-23-12)14(15,16)17/h10H,4-9H2,1-3H3,(H2,18,19,20). The summed E-state index contributed by atoms with van der Waals surface area (Å²) in [4.78, 5) is 10.1. The lowest BCUT2D eigenvalue weighted by Gasteiger charge is -2.19. The van der Waals surface area contributed by atoms with Crippen molar-refractivity contribution in [3.63, 3.8) is 0 Å². The van der Waals surface area contributed by atoms with Gasteiger partial charge in [-0.3, -0.25) is 0 Å². The fraction of sp³-hybridized carbons (Fsp3) is 0.714. The van der Waals surface area contributed by atoms with Crippen molar-refractivity contribution < 1.29 is 13.2 Å². The Kier molecular flexibility index (Phi) is 8.32. The van der Waals surface area contributed by atoms with Crippen molar-refractivity contribution in [1.82, 2.24) is 20.5 Å². The maximum atomic E-state index is 12.5. The van der Waals surface area contributed by atoms with Crippen LogP contribution in [0.5, 0.6) is 0 Å². The highest BCUT2D eigenvalue weighted by Crippen LogP contribution is 2.30. The van der Waals surface area contributed by atoms with Gasteiger partial charge >= 0.3 is 6.18 Å². The number of alkyl halides is 3. The van der Waals surface area contributed by atoms with Gasteiger partial charge in [-0.2, -0.15) is 13.2 Å². The van der Waals surface area contributed by atoms with Gasteiger partial charge < -0.3 is 15.5 Å². The maximum absolute atomic E-state index is 12.5. The van der Waals surface area contributed by atoms with Crippen molar-refractivity contribution in [2.45, 2.75) is 33.5 Å². The molecular weight excluding hydrogens is 327 g/mol. The predicted octanol–water partition coefficient (Wildman–Crippen LogP) is 2.56. The largest absolute Gasteiger partial charge is 0.434 e. The molecule has 1 rings (SSSR count). The van der Waals surface area contributed by atoms with Crippen LogP contribution in [0.15, 0.2) is 10.4 Å². The maximum Gasteiger partial charge on any atom is 0.434 e. The van der Waals surface area contributed by atoms with E-state index >= 15 is 0 Å². The number of thiazole rings is 1. The van der Waals surface area contributed by atoms with Crippen LogP contribution in [0.4, 0.5) is 13.2 Å². The van der Waals surface area contributed by atoms with Gasteiger partial charge in [0.1, 0.15) is 5.01 Å². The van der Waals surface area contributed by atoms with Gasteiger partial charge in [0, 0.05) is 25.0 Å². The zero-order valence-corrected chi connectivity index (χ0v) is 14.5. The van der Waals surface area contributed by atoms with Crippen molar-refractivity contribution in [2.75, 3.05) is 32.7 Å². The average Bonchev–Trinajstić information content (AvgIpc) is 2.98. The summed E-state index contributed by atoms with van der Waals surface area (Å²) in [7, 11) is 0. The Bertz CT molecular complexity index is 483. The number of aromatic nitrogens is 1. The number of hydrogen-bond acceptors (Lipinski definition) is 4. The molecule has 0 unspecified atom stereocenters. The van der Waals surface area contributed by atoms with E-state index in [1.165, 1.54) is 0 Å². The van der Waals surface area contributed by atoms with Crippen LogP contribution in [-0.4, -0.2) is 48.6 Å². The number of aliphatic imine (C=N–C) groups is 1. The summed E-state index contributed by atoms with van der Waals surface area (Å²) in [5.74, 6) is 0.586. The van der Waals surface area contributed by atoms with Gasteiger partial charge in [-0.15, -0.1) is 11.3 Å². The molecule has 0 aliphatic heterocycles. The van der Waals surface area contributed by atoms with Crippen LogP contribution < -0.4 is 10.6 Å². The molecule has 2 N–H and O–H groups in total. The summed E-state index contributed by atoms with van der Waals surface area (Å²) < 4.78 is 37.5. The number of guanidine groups is 1. The molecule has 1 heterocycles. The van der Waals surface area contributed by atoms with Crippen molar-refractivity contribution >= 4 is 17.3 Å². The molecule has 0 atom stereocenters. The topological polar surface area (TPSA) is 52.6 Å². The lowest BCUT2D eigenvalue weighted by molar-refractivity contribution is -0.140. The van der Waals surface area contributed by atoms with Crippen LogP contribution in [0.25, 0.3) is 0 Å². The first-order valence-corrected chi connectivity index (χ1v) is 8.54. The lowest BCUT2D eigenvalue weighted by atomic mass is 10.4. The highest BCUT2D eigenvalue weighted by molar-refractivity contribution is 7.09. The van der Waals surface area contributed by atoms with E-state index in [-0.39, 0.29) is 6.54 Å². The minimum atomic E-state index is -4.40. The fourth-order valence-electron chi connectivity index (χ4n) is 1.87. The fourth-order valence-corrected chi connectivity index (χ4v) is 2.60. The van der Waals surface area contributed by atoms with Gasteiger partial charge in [-0.1, -0.05) is 13.8 Å². The first-order chi connectivity index (χ1) is 10.9. The molecule has 0 aromatic carbocycles. The third-order valence-electron chi connectivity index (χ3n) is 3.17. The molecule has 0 saturated heterocycles. The number of nitrogens with one attached hydrogen (secondary N) is 2. The Morgan fingerprint density at radius 1 is 1.26 bits per heavy atom. The molecule has 1 aromatic heterocycles. The van der Waals surface area contributed by atoms with E-state index in [0.29, 0.717) is 17.5 Å². The first-order valence-electron chi connectivity index (χ1n) is 7.66. The van der Waals surface area contributed by atoms with Gasteiger partial charge in [0.15, 0.2) is 11.7 Å². The second kappa shape index (κ2) is 9.71. The Morgan fingerprint density at radius 3 is 2.48 bits per heavy atom. The second-order valence-electron chi connectivity index (χ2n) is 4.77. The number of rotatable bonds is 8. The molecule has 0 fully saturated rings. The third-order valence-corrected chi connectivity index (χ3v) is 4.01. The molecule has 9 heteroatoms. The van der Waals surface area contributed by atoms with Crippen LogP contribution in [0.2, 0.25) is 0 Å². The Hall–Kier alpha value is -1.35. The van der Waals surface area contributed by atoms with E-state index in [2.05, 4.69) is 39.4 Å². The van der Waals surface area contributed by atoms with E-state index in [1.54, 1.807) is 0 Å². The van der Waals surface area contributed by atoms with E-state index in [0.717, 1.165) is 42.9 Å². The molecule has 0 aliphatic rings. The van der Waals surface area contributed by atoms with E-state index in [4.69, 9.17) is 0 Å². The molecule has 0 radical (unpaired) electrons. The molecule has 0 amide bonds. The number of likely N-dealkylation sites (N-methyl/N-ethyl adjacent to an activating group) is 1. The molecule has 0 saturated carbocycles. The van der Waals surface area contributed by atoms with E-state index in [9.17, 15) is 13.2 Å². The Morgan fingerprint density at radius 2 is 1.96 bits per heavy atom. The lowest BCUT2D eigenvalue weighted by Crippen LogP contribution is -2.41. The predicted molar refractivity (Wildman–Crippen MR) is 87.7 cm³/mol. The zero-order valence-electron chi connectivity index (χ0n) is 13.7. The first kappa shape index (κ1) is 19.7. The second-order valence-corrected chi connectivity index (χ2v) is 5.72. The van der Waals surface area contributed by atoms with Crippen molar-refractivity contribution in [1.29, 1.82) is 0 Å². The van der Waals surface area contributed by atoms with Crippen LogP contribution >= 0.6 is 11.3 Å². The molecule has 5 nitrogen and oxygen atoms in total. The molecule has 23 heavy (non-hydrogen) atoms. The molecule has 0 aliphatic carbocycles. The van der Waals surface area contributed by atoms with E-state index in [1.807, 2.05) is 6.92 Å². The molecule has 0 bridgehead atoms. The van der Waals surface area contributed by atoms with Gasteiger partial charge in [0.05, 0.1) is 6.54 Å². The molecular formula is C14H24F3N5S. The molecule has 0 spiro atoms. The summed E-state index contributed by atoms with van der Waals surface area (Å²) >= 11 is 0.970. The SMILES string of the molecule is CCNC(=NCc1nc(C(F)(F)F)cs1)NCCN(CC)CC. The van der Waals surface area contributed by atoms with Crippen molar-refractivity contribution in [2.24, 2.45) is 4.99 Å². The van der Waals surface area contributed by atoms with Gasteiger partial charge in [-0.05, 0) is 20.0 Å². The molecule has 132 valence electrons. The molecule has 1 aromatic rings. The van der Waals surface area contributed by atoms with Crippen LogP contribution in [0.3, 0.4) is 0 Å². The van der Waals surface area contributed by atoms with Gasteiger partial charge in [-0.25, -0.2) is 9.98 Å². The summed E-state index contributed by atoms with van der Waals surface area (Å²) in [5.41, 5.74) is -0.854. The normalized spacial score (nSPS) is 12.7. The quantitative estimate of drug-likeness (QED) is 0.558. The average molecular weight is 351 g/mol. The minimum absolute atomic E-state index is 0.126. The summed E-state index contributed by atoms with van der Waals surface area (Å²) in [6, 6.07) is 0. The van der Waals surface area contributed by atoms with Crippen LogP contribution in [0, 0.1) is 0 Å². The summed E-state index contributed by atoms with van der Waals surface area (Å²) in [6.07, 6.45) is -4.40. The zero-order chi connectivity index (χ0) is 17.3. The summed E-state index contributed by atoms with van der Waals surface area (Å²) in [6.45, 7) is 10.5. The third kappa shape index (κ3) is 7.17. The number of hydrogen-bond donors (Lipinski definition) is 2. The van der Waals surface area contributed by atoms with Crippen molar-refractivity contribution in [3.05, 3.63) is 16.1 Å². The van der Waals surface area contributed by atoms with Crippen LogP contribution in [0.1, 0.15) is 31.5 Å². The minimum Gasteiger partial charge on any atom is -0.357 e. The van der Waals surface area contributed by atoms with E-state index < -0.39 is 11.9 Å². The number of nitrogens with zero attached hydrogens (tertiary/aromatic N) is 3.